The molecule has 22 heavy (non-hydrogen) atoms. The maximum atomic E-state index is 12.1. The second-order valence-electron chi connectivity index (χ2n) is 4.94. The van der Waals surface area contributed by atoms with Crippen LogP contribution in [0.2, 0.25) is 0 Å². The van der Waals surface area contributed by atoms with Crippen molar-refractivity contribution in [1.82, 2.24) is 5.32 Å². The third-order valence-electron chi connectivity index (χ3n) is 3.32. The van der Waals surface area contributed by atoms with Crippen molar-refractivity contribution >= 4 is 17.7 Å². The molecule has 0 spiro atoms. The van der Waals surface area contributed by atoms with Gasteiger partial charge in [0.25, 0.3) is 0 Å². The van der Waals surface area contributed by atoms with Crippen molar-refractivity contribution in [2.24, 2.45) is 0 Å². The first-order chi connectivity index (χ1) is 10.7. The van der Waals surface area contributed by atoms with Gasteiger partial charge in [0.15, 0.2) is 0 Å². The molecule has 0 bridgehead atoms. The molecule has 0 aromatic heterocycles. The summed E-state index contributed by atoms with van der Waals surface area (Å²) < 4.78 is 5.33. The molecule has 1 unspecified atom stereocenters. The maximum absolute atomic E-state index is 12.1. The number of amides is 1. The molecule has 1 N–H and O–H groups in total. The number of ether oxygens (including phenoxy) is 1. The monoisotopic (exact) mass is 315 g/mol. The SMILES string of the molecule is COc1ccccc1C(C)NC(=O)CCSc1ccccc1. The van der Waals surface area contributed by atoms with Gasteiger partial charge in [-0.05, 0) is 25.1 Å². The number of hydrogen-bond acceptors (Lipinski definition) is 3. The molecule has 0 aliphatic rings. The summed E-state index contributed by atoms with van der Waals surface area (Å²) in [7, 11) is 1.64. The van der Waals surface area contributed by atoms with Gasteiger partial charge in [0.2, 0.25) is 5.91 Å². The van der Waals surface area contributed by atoms with Crippen LogP contribution < -0.4 is 10.1 Å². The second kappa shape index (κ2) is 8.49. The first-order valence-electron chi connectivity index (χ1n) is 7.31. The van der Waals surface area contributed by atoms with Gasteiger partial charge in [0, 0.05) is 22.6 Å². The number of thioether (sulfide) groups is 1. The molecule has 116 valence electrons. The summed E-state index contributed by atoms with van der Waals surface area (Å²) in [6.45, 7) is 1.97. The smallest absolute Gasteiger partial charge is 0.221 e. The molecular formula is C18H21NO2S. The van der Waals surface area contributed by atoms with E-state index in [0.29, 0.717) is 6.42 Å². The molecule has 0 fully saturated rings. The van der Waals surface area contributed by atoms with Gasteiger partial charge in [0.1, 0.15) is 5.75 Å². The fraction of sp³-hybridized carbons (Fsp3) is 0.278. The van der Waals surface area contributed by atoms with Crippen LogP contribution in [0.1, 0.15) is 24.9 Å². The maximum Gasteiger partial charge on any atom is 0.221 e. The highest BCUT2D eigenvalue weighted by Gasteiger charge is 2.13. The van der Waals surface area contributed by atoms with E-state index in [9.17, 15) is 4.79 Å². The van der Waals surface area contributed by atoms with Gasteiger partial charge in [-0.15, -0.1) is 11.8 Å². The Morgan fingerprint density at radius 3 is 2.55 bits per heavy atom. The molecule has 2 rings (SSSR count). The van der Waals surface area contributed by atoms with Gasteiger partial charge in [-0.3, -0.25) is 4.79 Å². The van der Waals surface area contributed by atoms with Gasteiger partial charge in [-0.25, -0.2) is 0 Å². The van der Waals surface area contributed by atoms with Crippen molar-refractivity contribution in [3.63, 3.8) is 0 Å². The van der Waals surface area contributed by atoms with Gasteiger partial charge >= 0.3 is 0 Å². The number of rotatable bonds is 7. The fourth-order valence-electron chi connectivity index (χ4n) is 2.19. The second-order valence-corrected chi connectivity index (χ2v) is 6.11. The Morgan fingerprint density at radius 1 is 1.14 bits per heavy atom. The van der Waals surface area contributed by atoms with Crippen LogP contribution in [0.5, 0.6) is 5.75 Å². The van der Waals surface area contributed by atoms with Crippen molar-refractivity contribution in [3.05, 3.63) is 60.2 Å². The molecule has 0 aliphatic carbocycles. The molecular weight excluding hydrogens is 294 g/mol. The highest BCUT2D eigenvalue weighted by atomic mass is 32.2. The average Bonchev–Trinajstić information content (AvgIpc) is 2.55. The van der Waals surface area contributed by atoms with Crippen LogP contribution in [0.3, 0.4) is 0 Å². The van der Waals surface area contributed by atoms with Crippen LogP contribution in [0.25, 0.3) is 0 Å². The topological polar surface area (TPSA) is 38.3 Å². The predicted octanol–water partition coefficient (Wildman–Crippen LogP) is 4.05. The summed E-state index contributed by atoms with van der Waals surface area (Å²) in [5.41, 5.74) is 0.995. The molecule has 4 heteroatoms. The number of benzene rings is 2. The Morgan fingerprint density at radius 2 is 1.82 bits per heavy atom. The highest BCUT2D eigenvalue weighted by molar-refractivity contribution is 7.99. The predicted molar refractivity (Wildman–Crippen MR) is 91.3 cm³/mol. The minimum absolute atomic E-state index is 0.0573. The molecule has 2 aromatic rings. The highest BCUT2D eigenvalue weighted by Crippen LogP contribution is 2.24. The summed E-state index contributed by atoms with van der Waals surface area (Å²) in [6, 6.07) is 17.8. The van der Waals surface area contributed by atoms with E-state index in [4.69, 9.17) is 4.74 Å². The van der Waals surface area contributed by atoms with E-state index >= 15 is 0 Å². The van der Waals surface area contributed by atoms with E-state index in [0.717, 1.165) is 17.1 Å². The van der Waals surface area contributed by atoms with Crippen LogP contribution >= 0.6 is 11.8 Å². The van der Waals surface area contributed by atoms with E-state index < -0.39 is 0 Å². The zero-order valence-electron chi connectivity index (χ0n) is 12.9. The standard InChI is InChI=1S/C18H21NO2S/c1-14(16-10-6-7-11-17(16)21-2)19-18(20)12-13-22-15-8-4-3-5-9-15/h3-11,14H,12-13H2,1-2H3,(H,19,20). The normalized spacial score (nSPS) is 11.7. The lowest BCUT2D eigenvalue weighted by atomic mass is 10.1. The molecule has 3 nitrogen and oxygen atoms in total. The van der Waals surface area contributed by atoms with Gasteiger partial charge < -0.3 is 10.1 Å². The van der Waals surface area contributed by atoms with Crippen LogP contribution in [0.4, 0.5) is 0 Å². The van der Waals surface area contributed by atoms with Gasteiger partial charge in [-0.1, -0.05) is 36.4 Å². The lowest BCUT2D eigenvalue weighted by molar-refractivity contribution is -0.121. The molecule has 0 aliphatic heterocycles. The number of hydrogen-bond donors (Lipinski definition) is 1. The molecule has 0 radical (unpaired) electrons. The summed E-state index contributed by atoms with van der Waals surface area (Å²) in [6.07, 6.45) is 0.499. The third-order valence-corrected chi connectivity index (χ3v) is 4.34. The minimum Gasteiger partial charge on any atom is -0.496 e. The minimum atomic E-state index is -0.0645. The Kier molecular flexibility index (Phi) is 6.34. The third kappa shape index (κ3) is 4.81. The largest absolute Gasteiger partial charge is 0.496 e. The lowest BCUT2D eigenvalue weighted by Gasteiger charge is -2.17. The van der Waals surface area contributed by atoms with Crippen LogP contribution in [0.15, 0.2) is 59.5 Å². The number of methoxy groups -OCH3 is 1. The van der Waals surface area contributed by atoms with Crippen LogP contribution in [-0.2, 0) is 4.79 Å². The number of nitrogens with one attached hydrogen (secondary N) is 1. The first-order valence-corrected chi connectivity index (χ1v) is 8.29. The van der Waals surface area contributed by atoms with Crippen molar-refractivity contribution in [2.75, 3.05) is 12.9 Å². The summed E-state index contributed by atoms with van der Waals surface area (Å²) in [5, 5.41) is 3.02. The Hall–Kier alpha value is -1.94. The fourth-order valence-corrected chi connectivity index (χ4v) is 3.07. The molecule has 1 atom stereocenters. The van der Waals surface area contributed by atoms with E-state index in [-0.39, 0.29) is 11.9 Å². The summed E-state index contributed by atoms with van der Waals surface area (Å²) in [4.78, 5) is 13.2. The van der Waals surface area contributed by atoms with Crippen molar-refractivity contribution in [2.45, 2.75) is 24.3 Å². The Bertz CT molecular complexity index is 601. The van der Waals surface area contributed by atoms with Gasteiger partial charge in [0.05, 0.1) is 13.2 Å². The number of para-hydroxylation sites is 1. The van der Waals surface area contributed by atoms with Crippen molar-refractivity contribution in [1.29, 1.82) is 0 Å². The van der Waals surface area contributed by atoms with E-state index in [1.807, 2.05) is 49.4 Å². The van der Waals surface area contributed by atoms with Crippen molar-refractivity contribution < 1.29 is 9.53 Å². The molecule has 0 saturated heterocycles. The summed E-state index contributed by atoms with van der Waals surface area (Å²) in [5.74, 6) is 1.63. The molecule has 1 amide bonds. The Labute approximate surface area is 136 Å². The van der Waals surface area contributed by atoms with Crippen LogP contribution in [0, 0.1) is 0 Å². The molecule has 0 heterocycles. The quantitative estimate of drug-likeness (QED) is 0.783. The summed E-state index contributed by atoms with van der Waals surface area (Å²) >= 11 is 1.69. The molecule has 0 saturated carbocycles. The van der Waals surface area contributed by atoms with Crippen molar-refractivity contribution in [3.8, 4) is 5.75 Å². The zero-order chi connectivity index (χ0) is 15.8. The zero-order valence-corrected chi connectivity index (χ0v) is 13.7. The van der Waals surface area contributed by atoms with E-state index in [1.165, 1.54) is 4.90 Å². The van der Waals surface area contributed by atoms with E-state index in [1.54, 1.807) is 18.9 Å². The number of carbonyl (C=O) groups excluding carboxylic acids is 1. The lowest BCUT2D eigenvalue weighted by Crippen LogP contribution is -2.27. The van der Waals surface area contributed by atoms with Crippen LogP contribution in [-0.4, -0.2) is 18.8 Å². The molecule has 2 aromatic carbocycles. The Balaban J connectivity index is 1.81. The number of carbonyl (C=O) groups is 1. The van der Waals surface area contributed by atoms with Gasteiger partial charge in [-0.2, -0.15) is 0 Å². The average molecular weight is 315 g/mol. The first kappa shape index (κ1) is 16.4. The van der Waals surface area contributed by atoms with E-state index in [2.05, 4.69) is 17.4 Å².